The first kappa shape index (κ1) is 11.7. The van der Waals surface area contributed by atoms with Gasteiger partial charge in [0.05, 0.1) is 0 Å². The van der Waals surface area contributed by atoms with Crippen LogP contribution in [0, 0.1) is 0 Å². The Morgan fingerprint density at radius 3 is 2.45 bits per heavy atom. The Morgan fingerprint density at radius 2 is 1.60 bits per heavy atom. The van der Waals surface area contributed by atoms with Gasteiger partial charge in [0.1, 0.15) is 0 Å². The summed E-state index contributed by atoms with van der Waals surface area (Å²) in [5.74, 6) is 0.572. The Morgan fingerprint density at radius 1 is 0.800 bits per heavy atom. The van der Waals surface area contributed by atoms with Crippen molar-refractivity contribution in [2.24, 2.45) is 0 Å². The summed E-state index contributed by atoms with van der Waals surface area (Å²) in [6, 6.07) is 20.3. The van der Waals surface area contributed by atoms with Gasteiger partial charge in [0.15, 0.2) is 0 Å². The minimum absolute atomic E-state index is 0.572. The molecule has 0 saturated carbocycles. The smallest absolute Gasteiger partial charge is 0.000728 e. The first-order valence-corrected chi connectivity index (χ1v) is 7.38. The molecule has 3 aliphatic carbocycles. The monoisotopic (exact) mass is 258 g/mol. The van der Waals surface area contributed by atoms with Gasteiger partial charge in [0, 0.05) is 0 Å². The second kappa shape index (κ2) is 4.21. The molecule has 3 aliphatic rings. The Bertz CT molecular complexity index is 765. The average molecular weight is 258 g/mol. The maximum absolute atomic E-state index is 2.38. The minimum Gasteiger partial charge on any atom is -0.0619 e. The van der Waals surface area contributed by atoms with E-state index >= 15 is 0 Å². The third kappa shape index (κ3) is 1.61. The highest BCUT2D eigenvalue weighted by Gasteiger charge is 2.24. The standard InChI is InChI=1S/C20H18/c1-13(2)14-7-5-9-18-16(10-14)12-20-17-8-4-3-6-15(17)11-19(18)20/h3-10,12-13H,11H2,1-2H3. The van der Waals surface area contributed by atoms with Crippen LogP contribution in [-0.4, -0.2) is 0 Å². The molecule has 0 atom stereocenters. The molecule has 0 nitrogen and oxygen atoms in total. The van der Waals surface area contributed by atoms with E-state index in [1.165, 1.54) is 38.9 Å². The van der Waals surface area contributed by atoms with Gasteiger partial charge < -0.3 is 0 Å². The van der Waals surface area contributed by atoms with E-state index in [-0.39, 0.29) is 0 Å². The molecule has 0 bridgehead atoms. The Labute approximate surface area is 120 Å². The molecule has 0 heterocycles. The Kier molecular flexibility index (Phi) is 2.47. The van der Waals surface area contributed by atoms with Gasteiger partial charge in [-0.25, -0.2) is 0 Å². The van der Waals surface area contributed by atoms with Crippen molar-refractivity contribution in [2.45, 2.75) is 26.2 Å². The van der Waals surface area contributed by atoms with Crippen LogP contribution in [-0.2, 0) is 6.42 Å². The first-order valence-electron chi connectivity index (χ1n) is 7.38. The van der Waals surface area contributed by atoms with Crippen molar-refractivity contribution < 1.29 is 0 Å². The molecular formula is C20H18. The molecule has 0 N–H and O–H groups in total. The summed E-state index contributed by atoms with van der Waals surface area (Å²) in [6.07, 6.45) is 1.08. The van der Waals surface area contributed by atoms with Crippen LogP contribution in [0.5, 0.6) is 0 Å². The molecule has 0 spiro atoms. The van der Waals surface area contributed by atoms with Crippen molar-refractivity contribution in [3.05, 3.63) is 71.3 Å². The lowest BCUT2D eigenvalue weighted by Gasteiger charge is -2.03. The summed E-state index contributed by atoms with van der Waals surface area (Å²) in [5, 5.41) is 0. The normalized spacial score (nSPS) is 12.8. The van der Waals surface area contributed by atoms with E-state index in [4.69, 9.17) is 0 Å². The molecule has 0 aromatic heterocycles. The highest BCUT2D eigenvalue weighted by molar-refractivity contribution is 5.90. The zero-order valence-electron chi connectivity index (χ0n) is 12.0. The third-order valence-electron chi connectivity index (χ3n) is 4.48. The second-order valence-electron chi connectivity index (χ2n) is 6.06. The Hall–Kier alpha value is -2.08. The van der Waals surface area contributed by atoms with Crippen molar-refractivity contribution >= 4 is 0 Å². The van der Waals surface area contributed by atoms with Gasteiger partial charge in [-0.15, -0.1) is 0 Å². The average Bonchev–Trinajstić information content (AvgIpc) is 2.86. The highest BCUT2D eigenvalue weighted by atomic mass is 14.3. The molecule has 0 heteroatoms. The fourth-order valence-corrected chi connectivity index (χ4v) is 3.36. The lowest BCUT2D eigenvalue weighted by Crippen LogP contribution is -1.84. The van der Waals surface area contributed by atoms with Crippen molar-refractivity contribution in [1.29, 1.82) is 0 Å². The molecule has 0 unspecified atom stereocenters. The molecule has 0 saturated heterocycles. The zero-order valence-corrected chi connectivity index (χ0v) is 12.0. The van der Waals surface area contributed by atoms with Crippen LogP contribution in [0.1, 0.15) is 36.5 Å². The van der Waals surface area contributed by atoms with E-state index in [9.17, 15) is 0 Å². The summed E-state index contributed by atoms with van der Waals surface area (Å²) >= 11 is 0. The topological polar surface area (TPSA) is 0 Å². The van der Waals surface area contributed by atoms with Gasteiger partial charge in [0.25, 0.3) is 0 Å². The van der Waals surface area contributed by atoms with E-state index in [0.717, 1.165) is 6.42 Å². The van der Waals surface area contributed by atoms with Crippen LogP contribution in [0.4, 0.5) is 0 Å². The predicted molar refractivity (Wildman–Crippen MR) is 85.4 cm³/mol. The van der Waals surface area contributed by atoms with E-state index < -0.39 is 0 Å². The zero-order chi connectivity index (χ0) is 13.7. The number of rotatable bonds is 1. The van der Waals surface area contributed by atoms with Crippen molar-refractivity contribution in [1.82, 2.24) is 0 Å². The number of hydrogen-bond donors (Lipinski definition) is 0. The van der Waals surface area contributed by atoms with Crippen LogP contribution >= 0.6 is 0 Å². The molecule has 20 heavy (non-hydrogen) atoms. The largest absolute Gasteiger partial charge is 0.0619 e. The van der Waals surface area contributed by atoms with Gasteiger partial charge in [0.2, 0.25) is 0 Å². The summed E-state index contributed by atoms with van der Waals surface area (Å²) in [7, 11) is 0. The van der Waals surface area contributed by atoms with Gasteiger partial charge in [-0.3, -0.25) is 0 Å². The molecular weight excluding hydrogens is 240 g/mol. The van der Waals surface area contributed by atoms with Gasteiger partial charge >= 0.3 is 0 Å². The fourth-order valence-electron chi connectivity index (χ4n) is 3.36. The number of fused-ring (bicyclic) bond motifs is 5. The molecule has 1 aromatic rings. The third-order valence-corrected chi connectivity index (χ3v) is 4.48. The summed E-state index contributed by atoms with van der Waals surface area (Å²) < 4.78 is 0. The highest BCUT2D eigenvalue weighted by Crippen LogP contribution is 2.45. The molecule has 0 fully saturated rings. The Balaban J connectivity index is 1.97. The molecule has 0 amide bonds. The van der Waals surface area contributed by atoms with Crippen LogP contribution in [0.15, 0.2) is 54.6 Å². The summed E-state index contributed by atoms with van der Waals surface area (Å²) in [4.78, 5) is 0. The van der Waals surface area contributed by atoms with Crippen LogP contribution in [0.3, 0.4) is 0 Å². The van der Waals surface area contributed by atoms with Crippen molar-refractivity contribution in [2.75, 3.05) is 0 Å². The quantitative estimate of drug-likeness (QED) is 0.423. The lowest BCUT2D eigenvalue weighted by atomic mass is 10.0. The van der Waals surface area contributed by atoms with E-state index in [0.29, 0.717) is 5.92 Å². The first-order chi connectivity index (χ1) is 9.74. The van der Waals surface area contributed by atoms with Gasteiger partial charge in [-0.05, 0) is 57.3 Å². The van der Waals surface area contributed by atoms with E-state index in [1.807, 2.05) is 0 Å². The molecule has 0 aliphatic heterocycles. The molecule has 4 rings (SSSR count). The van der Waals surface area contributed by atoms with Crippen LogP contribution in [0.2, 0.25) is 0 Å². The maximum atomic E-state index is 2.38. The second-order valence-corrected chi connectivity index (χ2v) is 6.06. The fraction of sp³-hybridized carbons (Fsp3) is 0.200. The SMILES string of the molecule is CC(C)c1cccc2c3c(cc-2c1)-c1ccccc1C3. The van der Waals surface area contributed by atoms with Crippen LogP contribution in [0.25, 0.3) is 22.3 Å². The number of hydrogen-bond acceptors (Lipinski definition) is 0. The minimum atomic E-state index is 0.572. The van der Waals surface area contributed by atoms with E-state index in [1.54, 1.807) is 0 Å². The maximum Gasteiger partial charge on any atom is -0.000728 e. The van der Waals surface area contributed by atoms with Gasteiger partial charge in [-0.2, -0.15) is 0 Å². The lowest BCUT2D eigenvalue weighted by molar-refractivity contribution is 0.869. The van der Waals surface area contributed by atoms with Crippen molar-refractivity contribution in [3.63, 3.8) is 0 Å². The molecule has 1 aromatic carbocycles. The molecule has 98 valence electrons. The van der Waals surface area contributed by atoms with E-state index in [2.05, 4.69) is 68.4 Å². The molecule has 0 radical (unpaired) electrons. The summed E-state index contributed by atoms with van der Waals surface area (Å²) in [6.45, 7) is 4.51. The summed E-state index contributed by atoms with van der Waals surface area (Å²) in [5.41, 5.74) is 10.1. The predicted octanol–water partition coefficient (Wildman–Crippen LogP) is 5.49. The van der Waals surface area contributed by atoms with Crippen molar-refractivity contribution in [3.8, 4) is 22.3 Å². The van der Waals surface area contributed by atoms with Gasteiger partial charge in [-0.1, -0.05) is 62.4 Å². The van der Waals surface area contributed by atoms with Crippen LogP contribution < -0.4 is 0 Å². The number of benzene rings is 1.